The van der Waals surface area contributed by atoms with Crippen molar-refractivity contribution < 1.29 is 22.7 Å². The van der Waals surface area contributed by atoms with Crippen LogP contribution in [0.15, 0.2) is 36.7 Å². The number of nitrogen functional groups attached to an aromatic ring is 1. The van der Waals surface area contributed by atoms with E-state index in [1.165, 1.54) is 29.5 Å². The van der Waals surface area contributed by atoms with E-state index in [2.05, 4.69) is 30.2 Å². The van der Waals surface area contributed by atoms with E-state index in [9.17, 15) is 18.0 Å². The summed E-state index contributed by atoms with van der Waals surface area (Å²) < 4.78 is 40.8. The average Bonchev–Trinajstić information content (AvgIpc) is 3.10. The van der Waals surface area contributed by atoms with Crippen LogP contribution in [-0.4, -0.2) is 32.4 Å². The van der Waals surface area contributed by atoms with E-state index in [0.717, 1.165) is 42.3 Å². The summed E-state index contributed by atoms with van der Waals surface area (Å²) in [5.41, 5.74) is 6.84. The molecule has 3 N–H and O–H groups in total. The fourth-order valence-corrected chi connectivity index (χ4v) is 3.38. The molecule has 0 fully saturated rings. The van der Waals surface area contributed by atoms with E-state index < -0.39 is 12.3 Å². The van der Waals surface area contributed by atoms with Crippen molar-refractivity contribution in [2.45, 2.75) is 38.5 Å². The quantitative estimate of drug-likeness (QED) is 0.477. The van der Waals surface area contributed by atoms with Crippen molar-refractivity contribution in [3.63, 3.8) is 0 Å². The zero-order valence-electron chi connectivity index (χ0n) is 16.2. The number of hydrogen-bond acceptors (Lipinski definition) is 8. The van der Waals surface area contributed by atoms with Gasteiger partial charge >= 0.3 is 6.36 Å². The topological polar surface area (TPSA) is 116 Å². The predicted molar refractivity (Wildman–Crippen MR) is 108 cm³/mol. The first-order valence-electron chi connectivity index (χ1n) is 9.30. The summed E-state index contributed by atoms with van der Waals surface area (Å²) in [6.07, 6.45) is 1.73. The molecule has 2 heterocycles. The molecule has 0 saturated carbocycles. The first kappa shape index (κ1) is 22.4. The average molecular weight is 452 g/mol. The first-order valence-corrected chi connectivity index (χ1v) is 10.1. The molecule has 1 amide bonds. The smallest absolute Gasteiger partial charge is 0.406 e. The van der Waals surface area contributed by atoms with Crippen molar-refractivity contribution in [1.29, 1.82) is 0 Å². The van der Waals surface area contributed by atoms with Gasteiger partial charge in [0.2, 0.25) is 17.0 Å². The molecule has 0 saturated heterocycles. The lowest BCUT2D eigenvalue weighted by Gasteiger charge is -2.10. The minimum atomic E-state index is -4.79. The van der Waals surface area contributed by atoms with Gasteiger partial charge in [-0.15, -0.1) is 23.4 Å². The zero-order chi connectivity index (χ0) is 22.3. The normalized spacial score (nSPS) is 11.3. The Labute approximate surface area is 179 Å². The summed E-state index contributed by atoms with van der Waals surface area (Å²) in [4.78, 5) is 20.4. The molecule has 3 aromatic rings. The lowest BCUT2D eigenvalue weighted by atomic mass is 10.1. The number of nitrogens with two attached hydrogens (primary N) is 1. The number of aryl methyl sites for hydroxylation is 2. The molecule has 31 heavy (non-hydrogen) atoms. The lowest BCUT2D eigenvalue weighted by molar-refractivity contribution is -0.274. The Morgan fingerprint density at radius 3 is 2.52 bits per heavy atom. The second-order valence-corrected chi connectivity index (χ2v) is 7.67. The number of nitrogens with zero attached hydrogens (tertiary/aromatic N) is 4. The minimum absolute atomic E-state index is 0.126. The van der Waals surface area contributed by atoms with Gasteiger partial charge in [0.05, 0.1) is 6.42 Å². The molecule has 8 nitrogen and oxygen atoms in total. The molecule has 0 bridgehead atoms. The number of ether oxygens (including phenoxy) is 1. The Kier molecular flexibility index (Phi) is 7.34. The molecule has 2 aromatic heterocycles. The van der Waals surface area contributed by atoms with Crippen LogP contribution in [0.5, 0.6) is 5.75 Å². The van der Waals surface area contributed by atoms with E-state index in [1.807, 2.05) is 0 Å². The highest BCUT2D eigenvalue weighted by atomic mass is 32.1. The monoisotopic (exact) mass is 452 g/mol. The maximum atomic E-state index is 12.3. The highest BCUT2D eigenvalue weighted by molar-refractivity contribution is 7.15. The lowest BCUT2D eigenvalue weighted by Crippen LogP contribution is -2.18. The molecule has 3 rings (SSSR count). The number of halogens is 3. The van der Waals surface area contributed by atoms with Gasteiger partial charge in [-0.25, -0.2) is 9.97 Å². The summed E-state index contributed by atoms with van der Waals surface area (Å²) in [6, 6.07) is 5.24. The van der Waals surface area contributed by atoms with Crippen LogP contribution in [0.1, 0.15) is 29.0 Å². The molecule has 0 spiro atoms. The van der Waals surface area contributed by atoms with E-state index in [0.29, 0.717) is 10.7 Å². The van der Waals surface area contributed by atoms with Gasteiger partial charge in [-0.3, -0.25) is 10.1 Å². The van der Waals surface area contributed by atoms with Gasteiger partial charge in [0, 0.05) is 18.8 Å². The van der Waals surface area contributed by atoms with Gasteiger partial charge in [0.25, 0.3) is 0 Å². The van der Waals surface area contributed by atoms with Gasteiger partial charge in [0.1, 0.15) is 10.8 Å². The first-order chi connectivity index (χ1) is 14.8. The van der Waals surface area contributed by atoms with Crippen LogP contribution in [0, 0.1) is 0 Å². The predicted octanol–water partition coefficient (Wildman–Crippen LogP) is 3.56. The number of rotatable bonds is 9. The summed E-state index contributed by atoms with van der Waals surface area (Å²) in [5, 5.41) is 11.6. The molecule has 0 unspecified atom stereocenters. The number of hydrogen-bond donors (Lipinski definition) is 2. The highest BCUT2D eigenvalue weighted by Crippen LogP contribution is 2.23. The number of nitrogens with one attached hydrogen (secondary N) is 1. The molecule has 0 radical (unpaired) electrons. The molecule has 0 aliphatic heterocycles. The van der Waals surface area contributed by atoms with Gasteiger partial charge < -0.3 is 10.5 Å². The van der Waals surface area contributed by atoms with Crippen LogP contribution in [0.25, 0.3) is 0 Å². The molecule has 0 atom stereocenters. The largest absolute Gasteiger partial charge is 0.573 e. The fraction of sp³-hybridized carbons (Fsp3) is 0.316. The Hall–Kier alpha value is -3.28. The molecule has 0 aliphatic rings. The van der Waals surface area contributed by atoms with Crippen LogP contribution in [-0.2, 0) is 24.1 Å². The van der Waals surface area contributed by atoms with Crippen LogP contribution in [0.3, 0.4) is 0 Å². The van der Waals surface area contributed by atoms with Crippen molar-refractivity contribution in [1.82, 2.24) is 20.2 Å². The fourth-order valence-electron chi connectivity index (χ4n) is 2.73. The number of benzene rings is 1. The van der Waals surface area contributed by atoms with Gasteiger partial charge in [-0.1, -0.05) is 23.5 Å². The number of unbranched alkanes of at least 4 members (excludes halogenated alkanes) is 1. The number of carbonyl (C=O) groups excluding carboxylic acids is 1. The molecule has 0 aliphatic carbocycles. The van der Waals surface area contributed by atoms with Crippen molar-refractivity contribution in [2.75, 3.05) is 11.1 Å². The van der Waals surface area contributed by atoms with Crippen LogP contribution >= 0.6 is 11.3 Å². The van der Waals surface area contributed by atoms with Crippen LogP contribution in [0.4, 0.5) is 24.3 Å². The SMILES string of the molecule is Nc1nnc(CCCCc2cnc(NC(=O)Cc3cccc(OC(F)(F)F)c3)nc2)s1. The van der Waals surface area contributed by atoms with Crippen LogP contribution < -0.4 is 15.8 Å². The Morgan fingerprint density at radius 2 is 1.84 bits per heavy atom. The zero-order valence-corrected chi connectivity index (χ0v) is 17.0. The van der Waals surface area contributed by atoms with Gasteiger partial charge in [-0.05, 0) is 42.5 Å². The third-order valence-corrected chi connectivity index (χ3v) is 4.85. The van der Waals surface area contributed by atoms with Gasteiger partial charge in [0.15, 0.2) is 0 Å². The summed E-state index contributed by atoms with van der Waals surface area (Å²) in [6.45, 7) is 0. The molecule has 12 heteroatoms. The van der Waals surface area contributed by atoms with Crippen molar-refractivity contribution in [3.05, 3.63) is 52.8 Å². The number of amides is 1. The van der Waals surface area contributed by atoms with E-state index in [1.54, 1.807) is 12.4 Å². The Bertz CT molecular complexity index is 1010. The second kappa shape index (κ2) is 10.2. The number of anilines is 2. The summed E-state index contributed by atoms with van der Waals surface area (Å²) >= 11 is 1.38. The summed E-state index contributed by atoms with van der Waals surface area (Å²) in [7, 11) is 0. The standard InChI is InChI=1S/C19H19F3N6O2S/c20-19(21,22)30-14-6-3-5-12(8-14)9-15(29)26-18-24-10-13(11-25-18)4-1-2-7-16-27-28-17(23)31-16/h3,5-6,8,10-11H,1-2,4,7,9H2,(H2,23,28)(H,24,25,26,29). The van der Waals surface area contributed by atoms with E-state index in [4.69, 9.17) is 5.73 Å². The van der Waals surface area contributed by atoms with E-state index >= 15 is 0 Å². The molecule has 1 aromatic carbocycles. The minimum Gasteiger partial charge on any atom is -0.406 e. The third kappa shape index (κ3) is 7.81. The molecular weight excluding hydrogens is 433 g/mol. The van der Waals surface area contributed by atoms with Crippen molar-refractivity contribution in [3.8, 4) is 5.75 Å². The summed E-state index contributed by atoms with van der Waals surface area (Å²) in [5.74, 6) is -0.706. The number of alkyl halides is 3. The Balaban J connectivity index is 1.44. The Morgan fingerprint density at radius 1 is 1.10 bits per heavy atom. The van der Waals surface area contributed by atoms with Crippen molar-refractivity contribution >= 4 is 28.3 Å². The highest BCUT2D eigenvalue weighted by Gasteiger charge is 2.31. The van der Waals surface area contributed by atoms with E-state index in [-0.39, 0.29) is 18.1 Å². The number of carbonyl (C=O) groups is 1. The third-order valence-electron chi connectivity index (χ3n) is 4.04. The second-order valence-electron chi connectivity index (χ2n) is 6.58. The molecular formula is C19H19F3N6O2S. The number of aromatic nitrogens is 4. The van der Waals surface area contributed by atoms with Crippen molar-refractivity contribution in [2.24, 2.45) is 0 Å². The maximum absolute atomic E-state index is 12.3. The van der Waals surface area contributed by atoms with Gasteiger partial charge in [-0.2, -0.15) is 0 Å². The van der Waals surface area contributed by atoms with Crippen LogP contribution in [0.2, 0.25) is 0 Å². The molecule has 164 valence electrons. The maximum Gasteiger partial charge on any atom is 0.573 e.